The topological polar surface area (TPSA) is 108 Å². The average Bonchev–Trinajstić information content (AvgIpc) is 3.16. The Morgan fingerprint density at radius 1 is 0.784 bits per heavy atom. The van der Waals surface area contributed by atoms with E-state index in [2.05, 4.69) is 79.6 Å². The van der Waals surface area contributed by atoms with Crippen LogP contribution in [0, 0.1) is 5.92 Å². The molecule has 0 aromatic heterocycles. The summed E-state index contributed by atoms with van der Waals surface area (Å²) in [4.78, 5) is 25.3. The van der Waals surface area contributed by atoms with Gasteiger partial charge in [0.05, 0.1) is 25.2 Å². The molecule has 6 rings (SSSR count). The molecule has 1 fully saturated rings. The molecule has 1 aliphatic heterocycles. The van der Waals surface area contributed by atoms with Crippen molar-refractivity contribution in [3.8, 4) is 11.1 Å². The van der Waals surface area contributed by atoms with Gasteiger partial charge in [0.15, 0.2) is 6.29 Å². The number of carboxylic acid groups (broad SMARTS) is 1. The number of carbonyl (C=O) groups is 2. The number of aliphatic hydroxyl groups is 1. The van der Waals surface area contributed by atoms with Crippen LogP contribution >= 0.6 is 0 Å². The minimum Gasteiger partial charge on any atom is -0.481 e. The highest BCUT2D eigenvalue weighted by Crippen LogP contribution is 2.43. The summed E-state index contributed by atoms with van der Waals surface area (Å²) in [6.45, 7) is 5.40. The summed E-state index contributed by atoms with van der Waals surface area (Å²) < 4.78 is 13.6. The van der Waals surface area contributed by atoms with Crippen molar-refractivity contribution in [1.82, 2.24) is 10.2 Å². The first-order chi connectivity index (χ1) is 24.7. The number of nitrogens with zero attached hydrogens (tertiary/aromatic N) is 1. The lowest BCUT2D eigenvalue weighted by atomic mass is 9.89. The smallest absolute Gasteiger partial charge is 0.303 e. The van der Waals surface area contributed by atoms with Crippen LogP contribution in [0.15, 0.2) is 115 Å². The molecule has 1 heterocycles. The second-order valence-electron chi connectivity index (χ2n) is 13.5. The number of benzene rings is 5. The number of hydrogen-bond acceptors (Lipinski definition) is 6. The van der Waals surface area contributed by atoms with Crippen LogP contribution in [0.4, 0.5) is 0 Å². The van der Waals surface area contributed by atoms with Crippen molar-refractivity contribution >= 4 is 22.6 Å². The molecule has 0 bridgehead atoms. The Bertz CT molecular complexity index is 1960. The summed E-state index contributed by atoms with van der Waals surface area (Å²) in [6.07, 6.45) is -1.24. The first-order valence-electron chi connectivity index (χ1n) is 17.6. The maximum Gasteiger partial charge on any atom is 0.303 e. The van der Waals surface area contributed by atoms with Gasteiger partial charge in [0.2, 0.25) is 5.91 Å². The number of hydrogen-bond donors (Lipinski definition) is 3. The fourth-order valence-corrected chi connectivity index (χ4v) is 6.73. The van der Waals surface area contributed by atoms with Gasteiger partial charge in [0.25, 0.3) is 0 Å². The fourth-order valence-electron chi connectivity index (χ4n) is 6.73. The van der Waals surface area contributed by atoms with Crippen molar-refractivity contribution in [2.24, 2.45) is 5.92 Å². The third-order valence-corrected chi connectivity index (χ3v) is 9.98. The van der Waals surface area contributed by atoms with Gasteiger partial charge in [-0.25, -0.2) is 0 Å². The molecular weight excluding hydrogens is 640 g/mol. The van der Waals surface area contributed by atoms with Crippen molar-refractivity contribution in [3.63, 3.8) is 0 Å². The predicted molar refractivity (Wildman–Crippen MR) is 199 cm³/mol. The summed E-state index contributed by atoms with van der Waals surface area (Å²) in [6, 6.07) is 39.3. The predicted octanol–water partition coefficient (Wildman–Crippen LogP) is 7.96. The van der Waals surface area contributed by atoms with E-state index in [1.165, 1.54) is 16.3 Å². The van der Waals surface area contributed by atoms with Crippen molar-refractivity contribution < 1.29 is 29.3 Å². The minimum atomic E-state index is -0.993. The first kappa shape index (κ1) is 35.9. The zero-order valence-electron chi connectivity index (χ0n) is 29.4. The van der Waals surface area contributed by atoms with Crippen molar-refractivity contribution in [2.45, 2.75) is 64.4 Å². The van der Waals surface area contributed by atoms with Crippen LogP contribution in [-0.2, 0) is 32.2 Å². The van der Waals surface area contributed by atoms with Gasteiger partial charge in [-0.3, -0.25) is 14.5 Å². The molecule has 1 saturated heterocycles. The van der Waals surface area contributed by atoms with E-state index in [9.17, 15) is 14.7 Å². The number of aliphatic carboxylic acids is 1. The molecule has 0 saturated carbocycles. The van der Waals surface area contributed by atoms with Crippen LogP contribution in [0.25, 0.3) is 21.9 Å². The number of rotatable bonds is 13. The van der Waals surface area contributed by atoms with Gasteiger partial charge in [0, 0.05) is 37.0 Å². The molecule has 0 radical (unpaired) electrons. The van der Waals surface area contributed by atoms with Crippen LogP contribution in [0.2, 0.25) is 0 Å². The third kappa shape index (κ3) is 8.90. The Hall–Kier alpha value is -4.86. The van der Waals surface area contributed by atoms with Crippen LogP contribution < -0.4 is 5.32 Å². The molecule has 51 heavy (non-hydrogen) atoms. The number of ether oxygens (including phenoxy) is 2. The molecule has 264 valence electrons. The Morgan fingerprint density at radius 2 is 1.51 bits per heavy atom. The zero-order chi connectivity index (χ0) is 35.9. The number of nitrogens with one attached hydrogen (secondary N) is 1. The maximum atomic E-state index is 12.1. The van der Waals surface area contributed by atoms with E-state index >= 15 is 0 Å². The minimum absolute atomic E-state index is 0.0156. The Morgan fingerprint density at radius 3 is 2.25 bits per heavy atom. The van der Waals surface area contributed by atoms with Gasteiger partial charge < -0.3 is 25.0 Å². The van der Waals surface area contributed by atoms with Gasteiger partial charge in [-0.05, 0) is 76.3 Å². The number of carboxylic acids is 1. The van der Waals surface area contributed by atoms with E-state index in [1.807, 2.05) is 66.7 Å². The van der Waals surface area contributed by atoms with Crippen molar-refractivity contribution in [2.75, 3.05) is 13.6 Å². The zero-order valence-corrected chi connectivity index (χ0v) is 29.4. The molecule has 5 aromatic rings. The summed E-state index contributed by atoms with van der Waals surface area (Å²) in [5.74, 6) is -1.25. The van der Waals surface area contributed by atoms with E-state index in [4.69, 9.17) is 14.6 Å². The largest absolute Gasteiger partial charge is 0.481 e. The molecular formula is C43H46N2O6. The van der Waals surface area contributed by atoms with E-state index < -0.39 is 12.3 Å². The standard InChI is InChI=1S/C43H46N2O6/c1-28-39(26-45(3)29(2)34-19-18-32-9-4-5-10-36(32)23-34)50-43(51-42(28)33-16-14-30(27-46)15-17-33)38-13-7-12-37(24-38)35-11-6-8-31(22-35)25-44-40(47)20-21-41(48)49/h4-19,22-24,28-29,39,42-43,46H,20-21,25-27H2,1-3H3,(H,44,47)(H,48,49)/t28-,29-,39+,42+,43+/m1/s1. The van der Waals surface area contributed by atoms with E-state index in [0.717, 1.165) is 33.4 Å². The summed E-state index contributed by atoms with van der Waals surface area (Å²) in [5, 5.41) is 23.8. The highest BCUT2D eigenvalue weighted by atomic mass is 16.7. The van der Waals surface area contributed by atoms with E-state index in [-0.39, 0.29) is 49.5 Å². The van der Waals surface area contributed by atoms with Crippen LogP contribution in [-0.4, -0.2) is 46.7 Å². The van der Waals surface area contributed by atoms with Gasteiger partial charge in [-0.2, -0.15) is 0 Å². The van der Waals surface area contributed by atoms with Crippen LogP contribution in [0.1, 0.15) is 72.9 Å². The average molecular weight is 687 g/mol. The molecule has 8 nitrogen and oxygen atoms in total. The lowest BCUT2D eigenvalue weighted by molar-refractivity contribution is -0.276. The quantitative estimate of drug-likeness (QED) is 0.115. The van der Waals surface area contributed by atoms with Crippen LogP contribution in [0.3, 0.4) is 0 Å². The number of carbonyl (C=O) groups excluding carboxylic acids is 1. The molecule has 3 N–H and O–H groups in total. The van der Waals surface area contributed by atoms with Gasteiger partial charge >= 0.3 is 5.97 Å². The lowest BCUT2D eigenvalue weighted by Gasteiger charge is -2.43. The van der Waals surface area contributed by atoms with Gasteiger partial charge in [-0.15, -0.1) is 0 Å². The number of fused-ring (bicyclic) bond motifs is 1. The highest BCUT2D eigenvalue weighted by molar-refractivity contribution is 5.83. The lowest BCUT2D eigenvalue weighted by Crippen LogP contribution is -2.44. The van der Waals surface area contributed by atoms with Crippen molar-refractivity contribution in [3.05, 3.63) is 143 Å². The number of aliphatic hydroxyl groups excluding tert-OH is 1. The molecule has 0 unspecified atom stereocenters. The molecule has 0 spiro atoms. The first-order valence-corrected chi connectivity index (χ1v) is 17.6. The number of likely N-dealkylation sites (N-methyl/N-ethyl adjacent to an activating group) is 1. The van der Waals surface area contributed by atoms with E-state index in [0.29, 0.717) is 13.1 Å². The third-order valence-electron chi connectivity index (χ3n) is 9.98. The second kappa shape index (κ2) is 16.4. The Labute approximate surface area is 299 Å². The summed E-state index contributed by atoms with van der Waals surface area (Å²) in [7, 11) is 2.15. The van der Waals surface area contributed by atoms with Crippen molar-refractivity contribution in [1.29, 1.82) is 0 Å². The molecule has 1 aliphatic rings. The molecule has 0 aliphatic carbocycles. The Balaban J connectivity index is 1.23. The maximum absolute atomic E-state index is 12.1. The highest BCUT2D eigenvalue weighted by Gasteiger charge is 2.39. The second-order valence-corrected chi connectivity index (χ2v) is 13.5. The SMILES string of the molecule is C[C@@H]1[C@H](CN(C)[C@H](C)c2ccc3ccccc3c2)O[C@H](c2cccc(-c3cccc(CNC(=O)CCC(=O)O)c3)c2)O[C@@H]1c1ccc(CO)cc1. The van der Waals surface area contributed by atoms with E-state index in [1.54, 1.807) is 0 Å². The number of amides is 1. The normalized spacial score (nSPS) is 19.5. The van der Waals surface area contributed by atoms with Gasteiger partial charge in [0.1, 0.15) is 0 Å². The molecule has 8 heteroatoms. The Kier molecular flexibility index (Phi) is 11.6. The molecule has 5 aromatic carbocycles. The van der Waals surface area contributed by atoms with Gasteiger partial charge in [-0.1, -0.05) is 104 Å². The fraction of sp³-hybridized carbons (Fsp3) is 0.302. The summed E-state index contributed by atoms with van der Waals surface area (Å²) >= 11 is 0. The summed E-state index contributed by atoms with van der Waals surface area (Å²) in [5.41, 5.74) is 6.92. The molecule has 5 atom stereocenters. The van der Waals surface area contributed by atoms with Crippen LogP contribution in [0.5, 0.6) is 0 Å². The molecule has 1 amide bonds. The monoisotopic (exact) mass is 686 g/mol.